The van der Waals surface area contributed by atoms with E-state index in [1.54, 1.807) is 24.3 Å². The lowest BCUT2D eigenvalue weighted by atomic mass is 10.0. The van der Waals surface area contributed by atoms with E-state index in [1.807, 2.05) is 30.3 Å². The first-order valence-electron chi connectivity index (χ1n) is 17.7. The van der Waals surface area contributed by atoms with E-state index >= 15 is 0 Å². The molecule has 0 amide bonds. The van der Waals surface area contributed by atoms with E-state index in [2.05, 4.69) is 20.1 Å². The molecule has 0 bridgehead atoms. The van der Waals surface area contributed by atoms with Crippen molar-refractivity contribution in [3.8, 4) is 0 Å². The van der Waals surface area contributed by atoms with Crippen LogP contribution in [0.2, 0.25) is 0 Å². The summed E-state index contributed by atoms with van der Waals surface area (Å²) in [7, 11) is 0. The van der Waals surface area contributed by atoms with Crippen LogP contribution in [0.25, 0.3) is 12.2 Å². The fourth-order valence-electron chi connectivity index (χ4n) is 4.31. The summed E-state index contributed by atoms with van der Waals surface area (Å²) >= 11 is 0. The van der Waals surface area contributed by atoms with Crippen molar-refractivity contribution in [1.29, 1.82) is 0 Å². The molecule has 0 aliphatic rings. The van der Waals surface area contributed by atoms with E-state index in [-0.39, 0.29) is 26.4 Å². The van der Waals surface area contributed by atoms with Crippen LogP contribution in [0.4, 0.5) is 0 Å². The molecule has 286 valence electrons. The van der Waals surface area contributed by atoms with E-state index in [0.29, 0.717) is 97.0 Å². The van der Waals surface area contributed by atoms with Crippen molar-refractivity contribution in [3.63, 3.8) is 0 Å². The number of rotatable bonds is 34. The third kappa shape index (κ3) is 21.8. The maximum atomic E-state index is 12.0. The second kappa shape index (κ2) is 30.6. The minimum atomic E-state index is -1.13. The van der Waals surface area contributed by atoms with Crippen LogP contribution >= 0.6 is 0 Å². The summed E-state index contributed by atoms with van der Waals surface area (Å²) in [6.07, 6.45) is 4.52. The zero-order chi connectivity index (χ0) is 36.6. The van der Waals surface area contributed by atoms with Crippen molar-refractivity contribution in [2.75, 3.05) is 112 Å². The van der Waals surface area contributed by atoms with Gasteiger partial charge >= 0.3 is 5.97 Å². The van der Waals surface area contributed by atoms with Crippen molar-refractivity contribution < 1.29 is 57.3 Å². The molecule has 1 unspecified atom stereocenters. The summed E-state index contributed by atoms with van der Waals surface area (Å²) in [6.45, 7) is 17.1. The predicted octanol–water partition coefficient (Wildman–Crippen LogP) is 5.27. The Balaban J connectivity index is 1.45. The largest absolute Gasteiger partial charge is 0.460 e. The smallest absolute Gasteiger partial charge is 0.338 e. The molecule has 1 N–H and O–H groups in total. The molecule has 0 fully saturated rings. The lowest BCUT2D eigenvalue weighted by molar-refractivity contribution is -0.118. The van der Waals surface area contributed by atoms with Crippen molar-refractivity contribution in [2.45, 2.75) is 32.7 Å². The summed E-state index contributed by atoms with van der Waals surface area (Å²) in [6, 6.07) is 12.6. The first-order valence-corrected chi connectivity index (χ1v) is 17.7. The number of ether oxygens (including phenoxy) is 10. The van der Waals surface area contributed by atoms with Gasteiger partial charge in [0.05, 0.1) is 111 Å². The fraction of sp³-hybridized carbons (Fsp3) is 0.564. The molecule has 2 aromatic carbocycles. The number of hydrogen-bond acceptors (Lipinski definition) is 12. The van der Waals surface area contributed by atoms with Gasteiger partial charge in [-0.1, -0.05) is 62.9 Å². The van der Waals surface area contributed by atoms with Gasteiger partial charge in [-0.25, -0.2) is 4.79 Å². The summed E-state index contributed by atoms with van der Waals surface area (Å²) in [4.78, 5) is 12.0. The van der Waals surface area contributed by atoms with Crippen molar-refractivity contribution >= 4 is 18.1 Å². The second-order valence-corrected chi connectivity index (χ2v) is 11.0. The van der Waals surface area contributed by atoms with Crippen LogP contribution in [0, 0.1) is 0 Å². The third-order valence-electron chi connectivity index (χ3n) is 7.15. The van der Waals surface area contributed by atoms with Gasteiger partial charge < -0.3 is 52.5 Å². The van der Waals surface area contributed by atoms with Crippen LogP contribution < -0.4 is 0 Å². The quantitative estimate of drug-likeness (QED) is 0.0575. The zero-order valence-corrected chi connectivity index (χ0v) is 30.3. The van der Waals surface area contributed by atoms with Crippen molar-refractivity contribution in [2.24, 2.45) is 0 Å². The molecule has 0 saturated heterocycles. The van der Waals surface area contributed by atoms with Gasteiger partial charge in [-0.2, -0.15) is 0 Å². The van der Waals surface area contributed by atoms with Gasteiger partial charge in [-0.05, 0) is 41.3 Å². The van der Waals surface area contributed by atoms with Crippen LogP contribution in [-0.4, -0.2) is 123 Å². The van der Waals surface area contributed by atoms with Crippen LogP contribution in [0.3, 0.4) is 0 Å². The minimum absolute atomic E-state index is 0.163. The van der Waals surface area contributed by atoms with Gasteiger partial charge in [0.2, 0.25) is 0 Å². The number of unbranched alkanes of at least 4 members (excludes halogenated alkanes) is 1. The molecule has 12 nitrogen and oxygen atoms in total. The number of aliphatic hydroxyl groups excluding tert-OH is 1. The van der Waals surface area contributed by atoms with Gasteiger partial charge in [-0.3, -0.25) is 0 Å². The van der Waals surface area contributed by atoms with Crippen molar-refractivity contribution in [1.82, 2.24) is 0 Å². The Kier molecular flexibility index (Phi) is 26.5. The summed E-state index contributed by atoms with van der Waals surface area (Å²) in [5, 5.41) is 10.7. The topological polar surface area (TPSA) is 130 Å². The standard InChI is InChI=1S/C39H58O12/c1-4-7-14-42-15-16-43-17-18-44-22-24-48-28-30-51-39(41)37-13-10-34(6-3)31-36(37)32-49-26-25-46-20-19-45-21-23-47-27-29-50-38(40)35-11-8-33(5-2)9-12-35/h5-6,8-13,31,39,41H,2-4,7,14-30,32H2,1H3. The predicted molar refractivity (Wildman–Crippen MR) is 195 cm³/mol. The maximum Gasteiger partial charge on any atom is 0.338 e. The summed E-state index contributed by atoms with van der Waals surface area (Å²) in [5.41, 5.74) is 3.74. The maximum absolute atomic E-state index is 12.0. The van der Waals surface area contributed by atoms with Crippen LogP contribution in [0.1, 0.15) is 58.7 Å². The van der Waals surface area contributed by atoms with E-state index in [9.17, 15) is 9.90 Å². The molecular weight excluding hydrogens is 660 g/mol. The van der Waals surface area contributed by atoms with Crippen LogP contribution in [-0.2, 0) is 54.0 Å². The van der Waals surface area contributed by atoms with E-state index in [0.717, 1.165) is 36.1 Å². The Morgan fingerprint density at radius 3 is 1.57 bits per heavy atom. The lowest BCUT2D eigenvalue weighted by Crippen LogP contribution is -2.15. The highest BCUT2D eigenvalue weighted by Gasteiger charge is 2.14. The van der Waals surface area contributed by atoms with Crippen molar-refractivity contribution in [3.05, 3.63) is 83.4 Å². The van der Waals surface area contributed by atoms with E-state index in [1.165, 1.54) is 0 Å². The normalized spacial score (nSPS) is 11.8. The Morgan fingerprint density at radius 2 is 1.06 bits per heavy atom. The monoisotopic (exact) mass is 718 g/mol. The van der Waals surface area contributed by atoms with E-state index in [4.69, 9.17) is 47.4 Å². The Morgan fingerprint density at radius 1 is 0.608 bits per heavy atom. The van der Waals surface area contributed by atoms with Gasteiger partial charge in [0, 0.05) is 12.2 Å². The number of aliphatic hydroxyl groups is 1. The summed E-state index contributed by atoms with van der Waals surface area (Å²) in [5.74, 6) is -0.392. The number of benzene rings is 2. The molecule has 1 atom stereocenters. The van der Waals surface area contributed by atoms with Gasteiger partial charge in [0.15, 0.2) is 6.29 Å². The average molecular weight is 719 g/mol. The van der Waals surface area contributed by atoms with Crippen LogP contribution in [0.15, 0.2) is 55.6 Å². The first-order chi connectivity index (χ1) is 25.1. The molecule has 2 rings (SSSR count). The average Bonchev–Trinajstić information content (AvgIpc) is 3.16. The van der Waals surface area contributed by atoms with Gasteiger partial charge in [0.25, 0.3) is 0 Å². The van der Waals surface area contributed by atoms with Gasteiger partial charge in [0.1, 0.15) is 6.61 Å². The Labute approximate surface area is 303 Å². The first kappa shape index (κ1) is 44.2. The van der Waals surface area contributed by atoms with Crippen LogP contribution in [0.5, 0.6) is 0 Å². The summed E-state index contributed by atoms with van der Waals surface area (Å²) < 4.78 is 55.1. The lowest BCUT2D eigenvalue weighted by Gasteiger charge is -2.17. The molecular formula is C39H58O12. The number of carbonyl (C=O) groups excluding carboxylic acids is 1. The minimum Gasteiger partial charge on any atom is -0.460 e. The Hall–Kier alpha value is -3.01. The molecule has 0 radical (unpaired) electrons. The van der Waals surface area contributed by atoms with E-state index < -0.39 is 12.3 Å². The highest BCUT2D eigenvalue weighted by atomic mass is 16.6. The number of carbonyl (C=O) groups is 1. The molecule has 0 aliphatic carbocycles. The molecule has 12 heteroatoms. The molecule has 0 heterocycles. The Bertz CT molecular complexity index is 1170. The third-order valence-corrected chi connectivity index (χ3v) is 7.15. The fourth-order valence-corrected chi connectivity index (χ4v) is 4.31. The molecule has 0 aromatic heterocycles. The molecule has 0 spiro atoms. The number of esters is 1. The molecule has 0 saturated carbocycles. The molecule has 2 aromatic rings. The highest BCUT2D eigenvalue weighted by molar-refractivity contribution is 5.89. The molecule has 0 aliphatic heterocycles. The zero-order valence-electron chi connectivity index (χ0n) is 30.3. The SMILES string of the molecule is C=Cc1ccc(C(=O)OCCOCCOCCOCCOCc2cc(C=C)ccc2C(O)OCCOCCOCCOCCOCCCC)cc1. The number of hydrogen-bond donors (Lipinski definition) is 1. The highest BCUT2D eigenvalue weighted by Crippen LogP contribution is 2.22. The molecule has 51 heavy (non-hydrogen) atoms. The van der Waals surface area contributed by atoms with Gasteiger partial charge in [-0.15, -0.1) is 0 Å². The second-order valence-electron chi connectivity index (χ2n) is 11.0.